The lowest BCUT2D eigenvalue weighted by molar-refractivity contribution is 0.787. The Bertz CT molecular complexity index is 586. The molecule has 0 spiro atoms. The van der Waals surface area contributed by atoms with Gasteiger partial charge in [0.25, 0.3) is 0 Å². The van der Waals surface area contributed by atoms with E-state index in [1.54, 1.807) is 18.6 Å². The van der Waals surface area contributed by atoms with Crippen LogP contribution in [0.25, 0.3) is 0 Å². The van der Waals surface area contributed by atoms with Gasteiger partial charge in [0.2, 0.25) is 0 Å². The van der Waals surface area contributed by atoms with Crippen molar-refractivity contribution in [3.8, 4) is 0 Å². The van der Waals surface area contributed by atoms with E-state index < -0.39 is 0 Å². The van der Waals surface area contributed by atoms with E-state index in [1.807, 2.05) is 16.7 Å². The number of pyridine rings is 2. The van der Waals surface area contributed by atoms with Crippen molar-refractivity contribution in [2.24, 2.45) is 5.73 Å². The summed E-state index contributed by atoms with van der Waals surface area (Å²) >= 11 is 4.87. The van der Waals surface area contributed by atoms with Crippen LogP contribution in [-0.4, -0.2) is 14.5 Å². The fourth-order valence-corrected chi connectivity index (χ4v) is 1.58. The summed E-state index contributed by atoms with van der Waals surface area (Å²) in [5.74, 6) is 0. The van der Waals surface area contributed by atoms with Crippen LogP contribution in [0.15, 0.2) is 47.7 Å². The summed E-state index contributed by atoms with van der Waals surface area (Å²) in [6.45, 7) is 0.651. The van der Waals surface area contributed by atoms with Gasteiger partial charge in [0, 0.05) is 37.3 Å². The van der Waals surface area contributed by atoms with Gasteiger partial charge < -0.3 is 10.3 Å². The van der Waals surface area contributed by atoms with Gasteiger partial charge in [-0.1, -0.05) is 12.2 Å². The van der Waals surface area contributed by atoms with Crippen LogP contribution in [0.3, 0.4) is 0 Å². The molecule has 0 fully saturated rings. The minimum atomic E-state index is -0.000182. The maximum absolute atomic E-state index is 11.0. The summed E-state index contributed by atoms with van der Waals surface area (Å²) in [5.41, 5.74) is 7.16. The molecular weight excluding hydrogens is 234 g/mol. The van der Waals surface area contributed by atoms with Gasteiger partial charge in [-0.2, -0.15) is 0 Å². The third kappa shape index (κ3) is 2.98. The van der Waals surface area contributed by atoms with Crippen LogP contribution in [-0.2, 0) is 6.54 Å². The van der Waals surface area contributed by atoms with E-state index in [0.29, 0.717) is 12.2 Å². The minimum Gasteiger partial charge on any atom is -0.388 e. The molecule has 0 aliphatic rings. The molecular formula is C12H11N3OS. The molecule has 0 aromatic carbocycles. The van der Waals surface area contributed by atoms with Gasteiger partial charge in [-0.25, -0.2) is 0 Å². The number of hydrogen-bond donors (Lipinski definition) is 1. The summed E-state index contributed by atoms with van der Waals surface area (Å²) in [6.07, 6.45) is 5.15. The molecule has 86 valence electrons. The van der Waals surface area contributed by atoms with Crippen molar-refractivity contribution in [2.45, 2.75) is 6.54 Å². The van der Waals surface area contributed by atoms with Gasteiger partial charge >= 0.3 is 0 Å². The van der Waals surface area contributed by atoms with Gasteiger partial charge in [-0.15, -0.1) is 0 Å². The van der Waals surface area contributed by atoms with Gasteiger partial charge in [0.15, 0.2) is 5.43 Å². The monoisotopic (exact) mass is 245 g/mol. The van der Waals surface area contributed by atoms with Crippen LogP contribution in [0, 0.1) is 0 Å². The number of nitrogens with zero attached hydrogens (tertiary/aromatic N) is 2. The summed E-state index contributed by atoms with van der Waals surface area (Å²) in [4.78, 5) is 15.3. The Hall–Kier alpha value is -2.01. The second-order valence-corrected chi connectivity index (χ2v) is 4.06. The van der Waals surface area contributed by atoms with Crippen molar-refractivity contribution < 1.29 is 0 Å². The Balaban J connectivity index is 2.24. The SMILES string of the molecule is NC(=S)c1cc(Cn2ccc(=O)cc2)ccn1. The Kier molecular flexibility index (Phi) is 3.30. The van der Waals surface area contributed by atoms with Gasteiger partial charge in [-0.3, -0.25) is 9.78 Å². The zero-order chi connectivity index (χ0) is 12.3. The smallest absolute Gasteiger partial charge is 0.181 e. The van der Waals surface area contributed by atoms with Gasteiger partial charge in [0.1, 0.15) is 4.99 Å². The number of rotatable bonds is 3. The molecule has 2 rings (SSSR count). The van der Waals surface area contributed by atoms with E-state index in [0.717, 1.165) is 5.56 Å². The maximum atomic E-state index is 11.0. The van der Waals surface area contributed by atoms with Crippen molar-refractivity contribution in [3.05, 3.63) is 64.3 Å². The van der Waals surface area contributed by atoms with Crippen LogP contribution in [0.2, 0.25) is 0 Å². The zero-order valence-corrected chi connectivity index (χ0v) is 9.85. The molecule has 0 saturated heterocycles. The topological polar surface area (TPSA) is 60.9 Å². The van der Waals surface area contributed by atoms with Gasteiger partial charge in [0.05, 0.1) is 5.69 Å². The first-order valence-electron chi connectivity index (χ1n) is 5.06. The molecule has 0 aliphatic heterocycles. The molecule has 0 unspecified atom stereocenters. The summed E-state index contributed by atoms with van der Waals surface area (Å²) in [6, 6.07) is 6.78. The molecule has 5 heteroatoms. The average molecular weight is 245 g/mol. The average Bonchev–Trinajstić information content (AvgIpc) is 2.32. The third-order valence-corrected chi connectivity index (χ3v) is 2.51. The Morgan fingerprint density at radius 2 is 2.06 bits per heavy atom. The largest absolute Gasteiger partial charge is 0.388 e. The van der Waals surface area contributed by atoms with E-state index in [1.165, 1.54) is 12.1 Å². The van der Waals surface area contributed by atoms with Crippen LogP contribution in [0.1, 0.15) is 11.3 Å². The summed E-state index contributed by atoms with van der Waals surface area (Å²) < 4.78 is 1.90. The van der Waals surface area contributed by atoms with E-state index >= 15 is 0 Å². The highest BCUT2D eigenvalue weighted by atomic mass is 32.1. The predicted octanol–water partition coefficient (Wildman–Crippen LogP) is 0.926. The highest BCUT2D eigenvalue weighted by Crippen LogP contribution is 2.04. The number of nitrogens with two attached hydrogens (primary N) is 1. The molecule has 0 amide bonds. The summed E-state index contributed by atoms with van der Waals surface area (Å²) in [5, 5.41) is 0. The zero-order valence-electron chi connectivity index (χ0n) is 9.04. The molecule has 0 bridgehead atoms. The number of hydrogen-bond acceptors (Lipinski definition) is 3. The standard InChI is InChI=1S/C12H11N3OS/c13-12(17)11-7-9(1-4-14-11)8-15-5-2-10(16)3-6-15/h1-7H,8H2,(H2,13,17). The molecule has 2 aromatic heterocycles. The van der Waals surface area contributed by atoms with Gasteiger partial charge in [-0.05, 0) is 17.7 Å². The minimum absolute atomic E-state index is 0.000182. The van der Waals surface area contributed by atoms with Crippen LogP contribution < -0.4 is 11.2 Å². The van der Waals surface area contributed by atoms with E-state index in [4.69, 9.17) is 18.0 Å². The van der Waals surface area contributed by atoms with Crippen LogP contribution in [0.4, 0.5) is 0 Å². The second-order valence-electron chi connectivity index (χ2n) is 3.62. The van der Waals surface area contributed by atoms with Crippen molar-refractivity contribution in [3.63, 3.8) is 0 Å². The van der Waals surface area contributed by atoms with Crippen molar-refractivity contribution in [1.29, 1.82) is 0 Å². The fraction of sp³-hybridized carbons (Fsp3) is 0.0833. The highest BCUT2D eigenvalue weighted by molar-refractivity contribution is 7.80. The molecule has 2 aromatic rings. The van der Waals surface area contributed by atoms with Crippen LogP contribution >= 0.6 is 12.2 Å². The lowest BCUT2D eigenvalue weighted by Crippen LogP contribution is -2.12. The Morgan fingerprint density at radius 1 is 1.35 bits per heavy atom. The lowest BCUT2D eigenvalue weighted by atomic mass is 10.2. The van der Waals surface area contributed by atoms with Crippen molar-refractivity contribution in [2.75, 3.05) is 0 Å². The number of thiocarbonyl (C=S) groups is 1. The molecule has 4 nitrogen and oxygen atoms in total. The normalized spacial score (nSPS) is 10.1. The van der Waals surface area contributed by atoms with E-state index in [9.17, 15) is 4.79 Å². The molecule has 2 N–H and O–H groups in total. The fourth-order valence-electron chi connectivity index (χ4n) is 1.47. The van der Waals surface area contributed by atoms with E-state index in [-0.39, 0.29) is 10.4 Å². The highest BCUT2D eigenvalue weighted by Gasteiger charge is 2.00. The first-order chi connectivity index (χ1) is 8.15. The van der Waals surface area contributed by atoms with E-state index in [2.05, 4.69) is 4.98 Å². The Morgan fingerprint density at radius 3 is 2.71 bits per heavy atom. The summed E-state index contributed by atoms with van der Waals surface area (Å²) in [7, 11) is 0. The molecule has 2 heterocycles. The van der Waals surface area contributed by atoms with Crippen molar-refractivity contribution >= 4 is 17.2 Å². The molecule has 0 saturated carbocycles. The lowest BCUT2D eigenvalue weighted by Gasteiger charge is -2.06. The molecule has 0 aliphatic carbocycles. The predicted molar refractivity (Wildman–Crippen MR) is 69.9 cm³/mol. The van der Waals surface area contributed by atoms with Crippen molar-refractivity contribution in [1.82, 2.24) is 9.55 Å². The molecule has 0 atom stereocenters. The van der Waals surface area contributed by atoms with Crippen LogP contribution in [0.5, 0.6) is 0 Å². The molecule has 17 heavy (non-hydrogen) atoms. The quantitative estimate of drug-likeness (QED) is 0.817. The third-order valence-electron chi connectivity index (χ3n) is 2.30. The first kappa shape index (κ1) is 11.5. The maximum Gasteiger partial charge on any atom is 0.181 e. The number of aromatic nitrogens is 2. The second kappa shape index (κ2) is 4.88. The molecule has 0 radical (unpaired) electrons. The Labute approximate surface area is 104 Å². The first-order valence-corrected chi connectivity index (χ1v) is 5.47.